The molecule has 5 nitrogen and oxygen atoms in total. The number of carbonyl (C=O) groups excluding carboxylic acids is 2. The van der Waals surface area contributed by atoms with Gasteiger partial charge in [0.15, 0.2) is 0 Å². The molecule has 0 aliphatic rings. The summed E-state index contributed by atoms with van der Waals surface area (Å²) in [7, 11) is 0. The van der Waals surface area contributed by atoms with Gasteiger partial charge in [0.2, 0.25) is 5.91 Å². The van der Waals surface area contributed by atoms with Crippen LogP contribution in [0.1, 0.15) is 56.8 Å². The van der Waals surface area contributed by atoms with Gasteiger partial charge in [0.1, 0.15) is 0 Å². The number of carbonyl (C=O) groups is 2. The Morgan fingerprint density at radius 1 is 1.04 bits per heavy atom. The summed E-state index contributed by atoms with van der Waals surface area (Å²) in [5.41, 5.74) is 1.40. The minimum absolute atomic E-state index is 0.0722. The largest absolute Gasteiger partial charge is 0.376 e. The number of nitrogens with one attached hydrogen (secondary N) is 2. The second-order valence-corrected chi connectivity index (χ2v) is 5.92. The summed E-state index contributed by atoms with van der Waals surface area (Å²) >= 11 is 0. The lowest BCUT2D eigenvalue weighted by atomic mass is 10.2. The summed E-state index contributed by atoms with van der Waals surface area (Å²) in [6.07, 6.45) is 3.94. The number of amides is 2. The van der Waals surface area contributed by atoms with Crippen molar-refractivity contribution in [3.63, 3.8) is 0 Å². The third-order valence-electron chi connectivity index (χ3n) is 3.72. The van der Waals surface area contributed by atoms with Crippen molar-refractivity contribution in [3.8, 4) is 0 Å². The maximum absolute atomic E-state index is 12.3. The van der Waals surface area contributed by atoms with Crippen LogP contribution in [0.3, 0.4) is 0 Å². The van der Waals surface area contributed by atoms with Gasteiger partial charge < -0.3 is 15.5 Å². The van der Waals surface area contributed by atoms with Crippen LogP contribution in [0, 0.1) is 0 Å². The molecule has 1 rings (SSSR count). The van der Waals surface area contributed by atoms with Crippen molar-refractivity contribution in [3.05, 3.63) is 29.8 Å². The standard InChI is InChI=1S/C19H31N3O2/c1-4-7-11-20-19(24)16-9-8-10-17(14-16)21-15-18(23)22(12-5-2)13-6-3/h8-10,14,21H,4-7,11-13,15H2,1-3H3,(H,20,24). The predicted octanol–water partition coefficient (Wildman–Crippen LogP) is 3.28. The molecule has 0 atom stereocenters. The molecule has 0 radical (unpaired) electrons. The maximum Gasteiger partial charge on any atom is 0.251 e. The normalized spacial score (nSPS) is 10.3. The first-order valence-electron chi connectivity index (χ1n) is 9.02. The zero-order chi connectivity index (χ0) is 17.8. The third kappa shape index (κ3) is 7.02. The first-order valence-corrected chi connectivity index (χ1v) is 9.02. The molecule has 0 aromatic heterocycles. The molecule has 0 heterocycles. The second-order valence-electron chi connectivity index (χ2n) is 5.92. The summed E-state index contributed by atoms with van der Waals surface area (Å²) in [5, 5.41) is 6.03. The molecular weight excluding hydrogens is 302 g/mol. The van der Waals surface area contributed by atoms with E-state index < -0.39 is 0 Å². The van der Waals surface area contributed by atoms with Gasteiger partial charge in [-0.1, -0.05) is 33.3 Å². The molecular formula is C19H31N3O2. The molecule has 0 saturated heterocycles. The summed E-state index contributed by atoms with van der Waals surface area (Å²) < 4.78 is 0. The highest BCUT2D eigenvalue weighted by atomic mass is 16.2. The van der Waals surface area contributed by atoms with Gasteiger partial charge in [-0.2, -0.15) is 0 Å². The van der Waals surface area contributed by atoms with E-state index >= 15 is 0 Å². The van der Waals surface area contributed by atoms with Gasteiger partial charge in [-0.15, -0.1) is 0 Å². The smallest absolute Gasteiger partial charge is 0.251 e. The third-order valence-corrected chi connectivity index (χ3v) is 3.72. The molecule has 0 aliphatic carbocycles. The summed E-state index contributed by atoms with van der Waals surface area (Å²) in [4.78, 5) is 26.2. The number of hydrogen-bond donors (Lipinski definition) is 2. The van der Waals surface area contributed by atoms with Crippen LogP contribution in [0.25, 0.3) is 0 Å². The SMILES string of the molecule is CCCCNC(=O)c1cccc(NCC(=O)N(CCC)CCC)c1. The molecule has 0 spiro atoms. The van der Waals surface area contributed by atoms with E-state index in [2.05, 4.69) is 31.4 Å². The van der Waals surface area contributed by atoms with Crippen LogP contribution in [0.4, 0.5) is 5.69 Å². The molecule has 2 amide bonds. The number of nitrogens with zero attached hydrogens (tertiary/aromatic N) is 1. The van der Waals surface area contributed by atoms with E-state index in [1.54, 1.807) is 12.1 Å². The average Bonchev–Trinajstić information content (AvgIpc) is 2.60. The Balaban J connectivity index is 2.57. The number of rotatable bonds is 11. The molecule has 2 N–H and O–H groups in total. The molecule has 0 saturated carbocycles. The van der Waals surface area contributed by atoms with Crippen LogP contribution in [-0.4, -0.2) is 42.9 Å². The fraction of sp³-hybridized carbons (Fsp3) is 0.579. The Morgan fingerprint density at radius 2 is 1.75 bits per heavy atom. The number of hydrogen-bond acceptors (Lipinski definition) is 3. The Morgan fingerprint density at radius 3 is 2.38 bits per heavy atom. The van der Waals surface area contributed by atoms with Gasteiger partial charge in [-0.3, -0.25) is 9.59 Å². The van der Waals surface area contributed by atoms with Gasteiger partial charge in [0, 0.05) is 30.9 Å². The first-order chi connectivity index (χ1) is 11.6. The second kappa shape index (κ2) is 11.5. The maximum atomic E-state index is 12.3. The molecule has 1 aromatic carbocycles. The number of unbranched alkanes of at least 4 members (excludes halogenated alkanes) is 1. The quantitative estimate of drug-likeness (QED) is 0.611. The summed E-state index contributed by atoms with van der Waals surface area (Å²) in [6, 6.07) is 7.28. The highest BCUT2D eigenvalue weighted by molar-refractivity contribution is 5.95. The fourth-order valence-corrected chi connectivity index (χ4v) is 2.44. The van der Waals surface area contributed by atoms with Crippen molar-refractivity contribution in [2.45, 2.75) is 46.5 Å². The lowest BCUT2D eigenvalue weighted by Gasteiger charge is -2.22. The molecule has 0 unspecified atom stereocenters. The van der Waals surface area contributed by atoms with Gasteiger partial charge >= 0.3 is 0 Å². The van der Waals surface area contributed by atoms with E-state index in [4.69, 9.17) is 0 Å². The Kier molecular flexibility index (Phi) is 9.58. The van der Waals surface area contributed by atoms with E-state index in [0.717, 1.165) is 44.5 Å². The van der Waals surface area contributed by atoms with E-state index in [-0.39, 0.29) is 18.4 Å². The minimum atomic E-state index is -0.0722. The van der Waals surface area contributed by atoms with Crippen molar-refractivity contribution >= 4 is 17.5 Å². The van der Waals surface area contributed by atoms with Crippen LogP contribution >= 0.6 is 0 Å². The van der Waals surface area contributed by atoms with Gasteiger partial charge in [0.05, 0.1) is 6.54 Å². The van der Waals surface area contributed by atoms with Crippen LogP contribution < -0.4 is 10.6 Å². The molecule has 24 heavy (non-hydrogen) atoms. The highest BCUT2D eigenvalue weighted by Crippen LogP contribution is 2.11. The highest BCUT2D eigenvalue weighted by Gasteiger charge is 2.11. The summed E-state index contributed by atoms with van der Waals surface area (Å²) in [6.45, 7) is 8.75. The number of anilines is 1. The Bertz CT molecular complexity index is 511. The monoisotopic (exact) mass is 333 g/mol. The zero-order valence-electron chi connectivity index (χ0n) is 15.2. The van der Waals surface area contributed by atoms with Crippen molar-refractivity contribution in [2.75, 3.05) is 31.5 Å². The Hall–Kier alpha value is -2.04. The lowest BCUT2D eigenvalue weighted by molar-refractivity contribution is -0.129. The van der Waals surface area contributed by atoms with E-state index in [9.17, 15) is 9.59 Å². The van der Waals surface area contributed by atoms with E-state index in [0.29, 0.717) is 12.1 Å². The van der Waals surface area contributed by atoms with Gasteiger partial charge in [0.25, 0.3) is 5.91 Å². The molecule has 1 aromatic rings. The molecule has 0 fully saturated rings. The van der Waals surface area contributed by atoms with Crippen LogP contribution in [-0.2, 0) is 4.79 Å². The van der Waals surface area contributed by atoms with Crippen molar-refractivity contribution in [2.24, 2.45) is 0 Å². The molecule has 5 heteroatoms. The molecule has 134 valence electrons. The van der Waals surface area contributed by atoms with Crippen LogP contribution in [0.5, 0.6) is 0 Å². The van der Waals surface area contributed by atoms with Crippen LogP contribution in [0.2, 0.25) is 0 Å². The average molecular weight is 333 g/mol. The van der Waals surface area contributed by atoms with E-state index in [1.807, 2.05) is 17.0 Å². The zero-order valence-corrected chi connectivity index (χ0v) is 15.2. The minimum Gasteiger partial charge on any atom is -0.376 e. The number of benzene rings is 1. The first kappa shape index (κ1) is 20.0. The van der Waals surface area contributed by atoms with Crippen molar-refractivity contribution < 1.29 is 9.59 Å². The Labute approximate surface area is 145 Å². The van der Waals surface area contributed by atoms with E-state index in [1.165, 1.54) is 0 Å². The van der Waals surface area contributed by atoms with Crippen molar-refractivity contribution in [1.82, 2.24) is 10.2 Å². The summed E-state index contributed by atoms with van der Waals surface area (Å²) in [5.74, 6) is 0.0218. The van der Waals surface area contributed by atoms with Crippen molar-refractivity contribution in [1.29, 1.82) is 0 Å². The molecule has 0 bridgehead atoms. The molecule has 0 aliphatic heterocycles. The van der Waals surface area contributed by atoms with Gasteiger partial charge in [-0.05, 0) is 37.5 Å². The van der Waals surface area contributed by atoms with Crippen LogP contribution in [0.15, 0.2) is 24.3 Å². The fourth-order valence-electron chi connectivity index (χ4n) is 2.44. The lowest BCUT2D eigenvalue weighted by Crippen LogP contribution is -2.36. The topological polar surface area (TPSA) is 61.4 Å². The predicted molar refractivity (Wildman–Crippen MR) is 99.3 cm³/mol. The van der Waals surface area contributed by atoms with Gasteiger partial charge in [-0.25, -0.2) is 0 Å².